The average Bonchev–Trinajstić information content (AvgIpc) is 2.97. The molecule has 0 nitrogen and oxygen atoms in total. The van der Waals surface area contributed by atoms with Gasteiger partial charge in [0.1, 0.15) is 0 Å². The van der Waals surface area contributed by atoms with Crippen LogP contribution in [0, 0.1) is 43.3 Å². The quantitative estimate of drug-likeness (QED) is 0.0969. The molecule has 0 aromatic carbocycles. The van der Waals surface area contributed by atoms with Crippen molar-refractivity contribution in [2.45, 2.75) is 254 Å². The molecule has 0 saturated heterocycles. The zero-order chi connectivity index (χ0) is 36.7. The van der Waals surface area contributed by atoms with E-state index in [2.05, 4.69) is 138 Å². The summed E-state index contributed by atoms with van der Waals surface area (Å²) in [6, 6.07) is 0. The molecule has 0 spiro atoms. The molecule has 6 unspecified atom stereocenters. The predicted octanol–water partition coefficient (Wildman–Crippen LogP) is 17.8. The van der Waals surface area contributed by atoms with E-state index in [-0.39, 0.29) is 2.85 Å². The van der Waals surface area contributed by atoms with Gasteiger partial charge in [-0.15, -0.1) is 0 Å². The SMILES string of the molecule is CCCC(C)(C)C(C)(CCC)C(C)(CCC)C(C)(CC)CCC.CCCC(C)(C)C(C)(CCC)C(C)(CCC)C(C)(CC)CCC.[3HH].[3HH]. The second kappa shape index (κ2) is 20.0. The van der Waals surface area contributed by atoms with Crippen LogP contribution in [0.3, 0.4) is 0 Å². The Morgan fingerprint density at radius 1 is 0.261 bits per heavy atom. The van der Waals surface area contributed by atoms with Gasteiger partial charge in [-0.2, -0.15) is 0 Å². The highest BCUT2D eigenvalue weighted by Crippen LogP contribution is 2.68. The smallest absolute Gasteiger partial charge is 0 e. The second-order valence-corrected chi connectivity index (χ2v) is 18.9. The Morgan fingerprint density at radius 2 is 0.457 bits per heavy atom. The third-order valence-corrected chi connectivity index (χ3v) is 16.0. The first kappa shape index (κ1) is 48.1. The van der Waals surface area contributed by atoms with Gasteiger partial charge < -0.3 is 0 Å². The summed E-state index contributed by atoms with van der Waals surface area (Å²) >= 11 is 0. The van der Waals surface area contributed by atoms with Crippen molar-refractivity contribution < 1.29 is 2.85 Å². The Balaban J connectivity index is -0.000000387. The molecule has 0 heterocycles. The van der Waals surface area contributed by atoms with E-state index >= 15 is 0 Å². The molecule has 6 atom stereocenters. The Kier molecular flexibility index (Phi) is 20.9. The largest absolute Gasteiger partial charge is 0.0654 e. The van der Waals surface area contributed by atoms with Crippen molar-refractivity contribution in [3.63, 3.8) is 0 Å². The van der Waals surface area contributed by atoms with E-state index < -0.39 is 0 Å². The van der Waals surface area contributed by atoms with Crippen molar-refractivity contribution in [2.24, 2.45) is 43.3 Å². The molecule has 0 aromatic rings. The lowest BCUT2D eigenvalue weighted by Gasteiger charge is -2.63. The fourth-order valence-corrected chi connectivity index (χ4v) is 11.8. The van der Waals surface area contributed by atoms with Crippen LogP contribution >= 0.6 is 0 Å². The highest BCUT2D eigenvalue weighted by atomic mass is 14.6. The van der Waals surface area contributed by atoms with E-state index in [1.165, 1.54) is 116 Å². The van der Waals surface area contributed by atoms with E-state index in [1.54, 1.807) is 0 Å². The third kappa shape index (κ3) is 9.61. The van der Waals surface area contributed by atoms with Crippen LogP contribution in [0.1, 0.15) is 257 Å². The fourth-order valence-electron chi connectivity index (χ4n) is 11.8. The molecule has 0 fully saturated rings. The Hall–Kier alpha value is 0. The van der Waals surface area contributed by atoms with E-state index in [0.717, 1.165) is 0 Å². The molecule has 0 N–H and O–H groups in total. The van der Waals surface area contributed by atoms with Crippen LogP contribution in [0.5, 0.6) is 0 Å². The summed E-state index contributed by atoms with van der Waals surface area (Å²) in [7, 11) is 0. The fraction of sp³-hybridized carbons (Fsp3) is 1.00. The zero-order valence-corrected chi connectivity index (χ0v) is 36.7. The number of hydrogen-bond donors (Lipinski definition) is 0. The van der Waals surface area contributed by atoms with Gasteiger partial charge in [-0.1, -0.05) is 203 Å². The normalized spacial score (nSPS) is 20.6. The van der Waals surface area contributed by atoms with Gasteiger partial charge in [-0.3, -0.25) is 0 Å². The molecule has 0 aliphatic carbocycles. The third-order valence-electron chi connectivity index (χ3n) is 16.0. The number of hydrogen-bond acceptors (Lipinski definition) is 0. The Labute approximate surface area is 299 Å². The van der Waals surface area contributed by atoms with Crippen molar-refractivity contribution in [3.8, 4) is 0 Å². The van der Waals surface area contributed by atoms with Crippen LogP contribution in [0.4, 0.5) is 0 Å². The first-order valence-corrected chi connectivity index (χ1v) is 21.1. The van der Waals surface area contributed by atoms with Gasteiger partial charge >= 0.3 is 0 Å². The molecule has 0 aliphatic rings. The highest BCUT2D eigenvalue weighted by Gasteiger charge is 2.59. The summed E-state index contributed by atoms with van der Waals surface area (Å²) < 4.78 is 0. The topological polar surface area (TPSA) is 0 Å². The monoisotopic (exact) mass is 657 g/mol. The van der Waals surface area contributed by atoms with Crippen LogP contribution in [0.25, 0.3) is 0 Å². The van der Waals surface area contributed by atoms with Crippen LogP contribution in [-0.2, 0) is 0 Å². The molecule has 0 bridgehead atoms. The lowest BCUT2D eigenvalue weighted by molar-refractivity contribution is -0.144. The zero-order valence-electron chi connectivity index (χ0n) is 36.7. The van der Waals surface area contributed by atoms with Gasteiger partial charge in [0.05, 0.1) is 0 Å². The summed E-state index contributed by atoms with van der Waals surface area (Å²) in [4.78, 5) is 0. The van der Waals surface area contributed by atoms with Crippen molar-refractivity contribution >= 4 is 0 Å². The van der Waals surface area contributed by atoms with Crippen molar-refractivity contribution in [3.05, 3.63) is 0 Å². The van der Waals surface area contributed by atoms with E-state index in [9.17, 15) is 0 Å². The van der Waals surface area contributed by atoms with Gasteiger partial charge in [0.15, 0.2) is 0 Å². The first-order chi connectivity index (χ1) is 21.1. The molecular formula is C46H100. The molecule has 0 heteroatoms. The minimum Gasteiger partial charge on any atom is -0.0654 e. The lowest BCUT2D eigenvalue weighted by atomic mass is 9.41. The first-order valence-electron chi connectivity index (χ1n) is 21.1. The summed E-state index contributed by atoms with van der Waals surface area (Å²) in [6.45, 7) is 49.9. The summed E-state index contributed by atoms with van der Waals surface area (Å²) in [5.74, 6) is 0. The molecule has 0 aromatic heterocycles. The van der Waals surface area contributed by atoms with Gasteiger partial charge in [0.2, 0.25) is 0 Å². The van der Waals surface area contributed by atoms with Crippen LogP contribution in [0.2, 0.25) is 0 Å². The average molecular weight is 657 g/mol. The van der Waals surface area contributed by atoms with Crippen molar-refractivity contribution in [2.75, 3.05) is 0 Å². The minimum atomic E-state index is 0. The van der Waals surface area contributed by atoms with Gasteiger partial charge in [-0.05, 0) is 94.7 Å². The molecule has 284 valence electrons. The van der Waals surface area contributed by atoms with Gasteiger partial charge in [0, 0.05) is 2.85 Å². The standard InChI is InChI=1S/2C23H48.2H2/c2*1-11-16-20(6,7)22(9,18-13-3)23(10,19-14-4)21(8,15-5)17-12-2;;/h2*11-19H2,1-10H3;2*1H/i;;2*1+2. The highest BCUT2D eigenvalue weighted by molar-refractivity contribution is 5.08. The van der Waals surface area contributed by atoms with Crippen LogP contribution in [-0.4, -0.2) is 0 Å². The maximum absolute atomic E-state index is 2.66. The summed E-state index contributed by atoms with van der Waals surface area (Å²) in [6.07, 6.45) is 23.9. The molecule has 0 rings (SSSR count). The van der Waals surface area contributed by atoms with Crippen molar-refractivity contribution in [1.82, 2.24) is 0 Å². The Morgan fingerprint density at radius 3 is 0.630 bits per heavy atom. The second-order valence-electron chi connectivity index (χ2n) is 18.9. The molecular weight excluding hydrogens is 553 g/mol. The van der Waals surface area contributed by atoms with E-state index in [1.807, 2.05) is 0 Å². The lowest BCUT2D eigenvalue weighted by Crippen LogP contribution is -2.55. The van der Waals surface area contributed by atoms with E-state index in [4.69, 9.17) is 0 Å². The van der Waals surface area contributed by atoms with Crippen LogP contribution in [0.15, 0.2) is 0 Å². The van der Waals surface area contributed by atoms with Gasteiger partial charge in [-0.25, -0.2) is 0 Å². The molecule has 0 aliphatic heterocycles. The Bertz CT molecular complexity index is 736. The van der Waals surface area contributed by atoms with Gasteiger partial charge in [0.25, 0.3) is 0 Å². The molecule has 46 heavy (non-hydrogen) atoms. The van der Waals surface area contributed by atoms with Crippen LogP contribution < -0.4 is 0 Å². The maximum atomic E-state index is 2.66. The van der Waals surface area contributed by atoms with Crippen molar-refractivity contribution in [1.29, 1.82) is 0 Å². The predicted molar refractivity (Wildman–Crippen MR) is 220 cm³/mol. The molecule has 0 amide bonds. The maximum Gasteiger partial charge on any atom is 0 e. The number of rotatable bonds is 24. The summed E-state index contributed by atoms with van der Waals surface area (Å²) in [5, 5.41) is 0. The van der Waals surface area contributed by atoms with E-state index in [0.29, 0.717) is 43.3 Å². The molecule has 0 radical (unpaired) electrons. The summed E-state index contributed by atoms with van der Waals surface area (Å²) in [5.41, 5.74) is 3.24. The molecule has 0 saturated carbocycles. The minimum absolute atomic E-state index is 0.